The summed E-state index contributed by atoms with van der Waals surface area (Å²) in [5.41, 5.74) is 1.65. The summed E-state index contributed by atoms with van der Waals surface area (Å²) in [5.74, 6) is 0.179. The van der Waals surface area contributed by atoms with Gasteiger partial charge in [-0.25, -0.2) is 9.18 Å². The van der Waals surface area contributed by atoms with E-state index < -0.39 is 22.6 Å². The van der Waals surface area contributed by atoms with Crippen LogP contribution in [0.3, 0.4) is 0 Å². The van der Waals surface area contributed by atoms with Crippen LogP contribution < -0.4 is 10.6 Å². The Balaban J connectivity index is 1.52. The first-order valence-corrected chi connectivity index (χ1v) is 10.9. The molecule has 2 aromatic heterocycles. The van der Waals surface area contributed by atoms with E-state index in [1.54, 1.807) is 13.0 Å². The number of anilines is 1. The lowest BCUT2D eigenvalue weighted by molar-refractivity contribution is -0.134. The highest BCUT2D eigenvalue weighted by molar-refractivity contribution is 7.12. The van der Waals surface area contributed by atoms with Crippen LogP contribution in [0.25, 0.3) is 5.57 Å². The van der Waals surface area contributed by atoms with Crippen LogP contribution in [0.5, 0.6) is 0 Å². The maximum absolute atomic E-state index is 13.4. The fraction of sp³-hybridized carbons (Fsp3) is 0.318. The molecule has 6 nitrogen and oxygen atoms in total. The highest BCUT2D eigenvalue weighted by atomic mass is 32.1. The number of aryl methyl sites for hydroxylation is 1. The van der Waals surface area contributed by atoms with E-state index in [1.807, 2.05) is 11.0 Å². The molecule has 0 saturated heterocycles. The van der Waals surface area contributed by atoms with Crippen molar-refractivity contribution in [2.45, 2.75) is 32.7 Å². The molecular weight excluding hydrogens is 460 g/mol. The highest BCUT2D eigenvalue weighted by Crippen LogP contribution is 2.35. The summed E-state index contributed by atoms with van der Waals surface area (Å²) in [6.07, 6.45) is -1.92. The smallest absolute Gasteiger partial charge is 0.392 e. The standard InChI is InChI=1S/C22H20F4N4O2S/c1-13-27-20(28-21(32)30(13)11-17-3-5-19(33-17)22(24,25)26)29-8-6-14(7-9-29)18-4-2-16(23)10-15(18)12-31/h2-6,10,31H,7-9,11-12H2,1H3. The van der Waals surface area contributed by atoms with E-state index in [1.165, 1.54) is 22.8 Å². The van der Waals surface area contributed by atoms with Gasteiger partial charge in [-0.05, 0) is 54.3 Å². The molecule has 3 heterocycles. The molecule has 11 heteroatoms. The van der Waals surface area contributed by atoms with E-state index >= 15 is 0 Å². The molecule has 0 spiro atoms. The van der Waals surface area contributed by atoms with Gasteiger partial charge in [-0.2, -0.15) is 23.1 Å². The second kappa shape index (κ2) is 9.06. The van der Waals surface area contributed by atoms with Gasteiger partial charge in [0.1, 0.15) is 16.5 Å². The third kappa shape index (κ3) is 4.98. The first-order valence-electron chi connectivity index (χ1n) is 10.1. The lowest BCUT2D eigenvalue weighted by atomic mass is 9.95. The van der Waals surface area contributed by atoms with Crippen molar-refractivity contribution >= 4 is 22.9 Å². The van der Waals surface area contributed by atoms with Crippen molar-refractivity contribution in [2.75, 3.05) is 18.0 Å². The molecule has 4 rings (SSSR count). The summed E-state index contributed by atoms with van der Waals surface area (Å²) in [4.78, 5) is 22.5. The fourth-order valence-electron chi connectivity index (χ4n) is 3.71. The molecular formula is C22H20F4N4O2S. The molecule has 1 N–H and O–H groups in total. The van der Waals surface area contributed by atoms with Crippen LogP contribution in [-0.4, -0.2) is 32.7 Å². The number of alkyl halides is 3. The Morgan fingerprint density at radius 1 is 1.18 bits per heavy atom. The zero-order chi connectivity index (χ0) is 23.8. The van der Waals surface area contributed by atoms with Gasteiger partial charge in [0.05, 0.1) is 13.2 Å². The maximum atomic E-state index is 13.4. The van der Waals surface area contributed by atoms with Gasteiger partial charge < -0.3 is 10.0 Å². The van der Waals surface area contributed by atoms with E-state index in [0.717, 1.165) is 17.2 Å². The van der Waals surface area contributed by atoms with Crippen molar-refractivity contribution in [3.8, 4) is 0 Å². The van der Waals surface area contributed by atoms with Gasteiger partial charge in [0.15, 0.2) is 0 Å². The Morgan fingerprint density at radius 3 is 2.58 bits per heavy atom. The Morgan fingerprint density at radius 2 is 1.97 bits per heavy atom. The molecule has 0 bridgehead atoms. The number of hydrogen-bond acceptors (Lipinski definition) is 6. The number of rotatable bonds is 5. The van der Waals surface area contributed by atoms with Crippen LogP contribution in [0, 0.1) is 12.7 Å². The van der Waals surface area contributed by atoms with Crippen molar-refractivity contribution < 1.29 is 22.7 Å². The Hall–Kier alpha value is -3.05. The highest BCUT2D eigenvalue weighted by Gasteiger charge is 2.32. The molecule has 0 aliphatic carbocycles. The van der Waals surface area contributed by atoms with Gasteiger partial charge in [0.25, 0.3) is 0 Å². The van der Waals surface area contributed by atoms with E-state index in [9.17, 15) is 27.5 Å². The van der Waals surface area contributed by atoms with Crippen LogP contribution in [0.15, 0.2) is 41.2 Å². The van der Waals surface area contributed by atoms with Crippen molar-refractivity contribution in [1.29, 1.82) is 0 Å². The minimum Gasteiger partial charge on any atom is -0.392 e. The monoisotopic (exact) mass is 480 g/mol. The molecule has 33 heavy (non-hydrogen) atoms. The van der Waals surface area contributed by atoms with Crippen molar-refractivity contribution in [3.05, 3.63) is 79.4 Å². The molecule has 0 unspecified atom stereocenters. The predicted octanol–water partition coefficient (Wildman–Crippen LogP) is 4.00. The second-order valence-corrected chi connectivity index (χ2v) is 8.76. The summed E-state index contributed by atoms with van der Waals surface area (Å²) in [6, 6.07) is 6.63. The molecule has 1 aliphatic heterocycles. The lowest BCUT2D eigenvalue weighted by Crippen LogP contribution is -2.35. The molecule has 0 amide bonds. The Bertz CT molecular complexity index is 1270. The number of nitrogens with zero attached hydrogens (tertiary/aromatic N) is 4. The normalized spacial score (nSPS) is 14.5. The summed E-state index contributed by atoms with van der Waals surface area (Å²) < 4.78 is 53.2. The van der Waals surface area contributed by atoms with Crippen LogP contribution >= 0.6 is 11.3 Å². The molecule has 3 aromatic rings. The average Bonchev–Trinajstić information content (AvgIpc) is 3.25. The van der Waals surface area contributed by atoms with Gasteiger partial charge in [-0.3, -0.25) is 4.57 Å². The summed E-state index contributed by atoms with van der Waals surface area (Å²) in [5, 5.41) is 9.52. The van der Waals surface area contributed by atoms with E-state index in [2.05, 4.69) is 9.97 Å². The molecule has 0 saturated carbocycles. The van der Waals surface area contributed by atoms with Crippen LogP contribution in [-0.2, 0) is 19.3 Å². The third-order valence-corrected chi connectivity index (χ3v) is 6.52. The minimum absolute atomic E-state index is 0.0375. The van der Waals surface area contributed by atoms with Gasteiger partial charge >= 0.3 is 11.9 Å². The second-order valence-electron chi connectivity index (χ2n) is 7.59. The molecule has 0 fully saturated rings. The van der Waals surface area contributed by atoms with Gasteiger partial charge in [0, 0.05) is 18.0 Å². The maximum Gasteiger partial charge on any atom is 0.425 e. The number of aromatic nitrogens is 3. The largest absolute Gasteiger partial charge is 0.425 e. The third-order valence-electron chi connectivity index (χ3n) is 5.41. The quantitative estimate of drug-likeness (QED) is 0.559. The molecule has 1 aromatic carbocycles. The van der Waals surface area contributed by atoms with Crippen molar-refractivity contribution in [1.82, 2.24) is 14.5 Å². The average molecular weight is 480 g/mol. The summed E-state index contributed by atoms with van der Waals surface area (Å²) >= 11 is 0.587. The van der Waals surface area contributed by atoms with E-state index in [-0.39, 0.29) is 19.1 Å². The molecule has 1 aliphatic rings. The van der Waals surface area contributed by atoms with Crippen LogP contribution in [0.2, 0.25) is 0 Å². The first-order chi connectivity index (χ1) is 15.7. The number of hydrogen-bond donors (Lipinski definition) is 1. The zero-order valence-corrected chi connectivity index (χ0v) is 18.4. The van der Waals surface area contributed by atoms with Crippen LogP contribution in [0.4, 0.5) is 23.5 Å². The predicted molar refractivity (Wildman–Crippen MR) is 117 cm³/mol. The van der Waals surface area contributed by atoms with Gasteiger partial charge in [0.2, 0.25) is 5.95 Å². The molecule has 0 radical (unpaired) electrons. The Kier molecular flexibility index (Phi) is 6.35. The lowest BCUT2D eigenvalue weighted by Gasteiger charge is -2.27. The zero-order valence-electron chi connectivity index (χ0n) is 17.6. The summed E-state index contributed by atoms with van der Waals surface area (Å²) in [6.45, 7) is 2.23. The van der Waals surface area contributed by atoms with E-state index in [4.69, 9.17) is 0 Å². The topological polar surface area (TPSA) is 71.2 Å². The number of halogens is 4. The molecule has 0 atom stereocenters. The minimum atomic E-state index is -4.42. The van der Waals surface area contributed by atoms with E-state index in [0.29, 0.717) is 47.1 Å². The van der Waals surface area contributed by atoms with Crippen molar-refractivity contribution in [3.63, 3.8) is 0 Å². The SMILES string of the molecule is Cc1nc(N2CC=C(c3ccc(F)cc3CO)CC2)nc(=O)n1Cc1ccc(C(F)(F)F)s1. The van der Waals surface area contributed by atoms with Crippen LogP contribution in [0.1, 0.15) is 33.1 Å². The number of aliphatic hydroxyl groups excluding tert-OH is 1. The number of aliphatic hydroxyl groups is 1. The number of benzene rings is 1. The summed E-state index contributed by atoms with van der Waals surface area (Å²) in [7, 11) is 0. The Labute approximate surface area is 190 Å². The molecule has 174 valence electrons. The van der Waals surface area contributed by atoms with Gasteiger partial charge in [-0.15, -0.1) is 11.3 Å². The van der Waals surface area contributed by atoms with Crippen molar-refractivity contribution in [2.24, 2.45) is 0 Å². The first kappa shape index (κ1) is 23.1. The van der Waals surface area contributed by atoms with Gasteiger partial charge in [-0.1, -0.05) is 12.1 Å². The fourth-order valence-corrected chi connectivity index (χ4v) is 4.57. The number of thiophene rings is 1.